The largest absolute Gasteiger partial charge is 0.497 e. The summed E-state index contributed by atoms with van der Waals surface area (Å²) in [6, 6.07) is 13.6. The van der Waals surface area contributed by atoms with Crippen molar-refractivity contribution in [1.29, 1.82) is 0 Å². The summed E-state index contributed by atoms with van der Waals surface area (Å²) < 4.78 is 5.32. The molecule has 1 unspecified atom stereocenters. The third kappa shape index (κ3) is 3.22. The lowest BCUT2D eigenvalue weighted by molar-refractivity contribution is -0.121. The molecular formula is C20H19ClN2O2. The number of halogens is 1. The molecule has 3 aromatic rings. The first-order chi connectivity index (χ1) is 12.1. The summed E-state index contributed by atoms with van der Waals surface area (Å²) in [7, 11) is 1.67. The molecule has 1 heterocycles. The number of ether oxygens (including phenoxy) is 1. The van der Waals surface area contributed by atoms with Crippen LogP contribution in [0.25, 0.3) is 10.9 Å². The third-order valence-electron chi connectivity index (χ3n) is 4.75. The van der Waals surface area contributed by atoms with Gasteiger partial charge in [-0.3, -0.25) is 4.79 Å². The monoisotopic (exact) mass is 354 g/mol. The molecule has 25 heavy (non-hydrogen) atoms. The zero-order valence-corrected chi connectivity index (χ0v) is 14.7. The predicted octanol–water partition coefficient (Wildman–Crippen LogP) is 3.66. The lowest BCUT2D eigenvalue weighted by atomic mass is 10.1. The summed E-state index contributed by atoms with van der Waals surface area (Å²) in [5.41, 5.74) is 4.58. The zero-order chi connectivity index (χ0) is 17.4. The van der Waals surface area contributed by atoms with Crippen molar-refractivity contribution < 1.29 is 9.53 Å². The first-order valence-electron chi connectivity index (χ1n) is 8.33. The van der Waals surface area contributed by atoms with E-state index >= 15 is 0 Å². The van der Waals surface area contributed by atoms with Gasteiger partial charge in [0.15, 0.2) is 0 Å². The second-order valence-corrected chi connectivity index (χ2v) is 6.91. The van der Waals surface area contributed by atoms with Gasteiger partial charge in [-0.25, -0.2) is 0 Å². The minimum atomic E-state index is 0.0411. The Bertz CT molecular complexity index is 931. The van der Waals surface area contributed by atoms with Crippen LogP contribution in [0, 0.1) is 0 Å². The quantitative estimate of drug-likeness (QED) is 0.751. The summed E-state index contributed by atoms with van der Waals surface area (Å²) in [6.45, 7) is 0. The molecule has 0 saturated carbocycles. The number of H-pyrrole nitrogens is 1. The van der Waals surface area contributed by atoms with Gasteiger partial charge in [0.1, 0.15) is 5.75 Å². The van der Waals surface area contributed by atoms with Crippen molar-refractivity contribution >= 4 is 28.4 Å². The van der Waals surface area contributed by atoms with E-state index in [4.69, 9.17) is 16.3 Å². The highest BCUT2D eigenvalue weighted by molar-refractivity contribution is 6.30. The number of carbonyl (C=O) groups is 1. The van der Waals surface area contributed by atoms with E-state index in [1.165, 1.54) is 16.6 Å². The van der Waals surface area contributed by atoms with Gasteiger partial charge in [-0.1, -0.05) is 23.7 Å². The molecule has 0 saturated heterocycles. The second kappa shape index (κ2) is 6.45. The average Bonchev–Trinajstić information content (AvgIpc) is 3.13. The van der Waals surface area contributed by atoms with Crippen LogP contribution in [0.2, 0.25) is 5.02 Å². The van der Waals surface area contributed by atoms with Crippen LogP contribution in [0.15, 0.2) is 42.5 Å². The van der Waals surface area contributed by atoms with Crippen molar-refractivity contribution in [3.63, 3.8) is 0 Å². The Hall–Kier alpha value is -2.46. The molecule has 1 amide bonds. The van der Waals surface area contributed by atoms with Crippen molar-refractivity contribution in [2.75, 3.05) is 7.11 Å². The molecule has 2 aromatic carbocycles. The molecule has 0 aliphatic heterocycles. The highest BCUT2D eigenvalue weighted by atomic mass is 35.5. The van der Waals surface area contributed by atoms with Gasteiger partial charge in [0.2, 0.25) is 5.91 Å². The number of nitrogens with one attached hydrogen (secondary N) is 2. The van der Waals surface area contributed by atoms with Gasteiger partial charge in [-0.05, 0) is 47.9 Å². The first kappa shape index (κ1) is 16.0. The third-order valence-corrected chi connectivity index (χ3v) is 5.00. The Morgan fingerprint density at radius 3 is 2.80 bits per heavy atom. The van der Waals surface area contributed by atoms with Crippen LogP contribution in [0.4, 0.5) is 0 Å². The molecule has 2 N–H and O–H groups in total. The van der Waals surface area contributed by atoms with Crippen molar-refractivity contribution in [2.45, 2.75) is 25.3 Å². The van der Waals surface area contributed by atoms with Crippen molar-refractivity contribution in [1.82, 2.24) is 10.3 Å². The van der Waals surface area contributed by atoms with E-state index in [1.807, 2.05) is 36.4 Å². The van der Waals surface area contributed by atoms with Gasteiger partial charge in [0, 0.05) is 34.1 Å². The van der Waals surface area contributed by atoms with E-state index in [1.54, 1.807) is 7.11 Å². The van der Waals surface area contributed by atoms with Gasteiger partial charge in [0.25, 0.3) is 0 Å². The van der Waals surface area contributed by atoms with E-state index < -0.39 is 0 Å². The maximum absolute atomic E-state index is 12.3. The van der Waals surface area contributed by atoms with E-state index in [0.29, 0.717) is 11.4 Å². The van der Waals surface area contributed by atoms with Crippen LogP contribution in [0.5, 0.6) is 5.75 Å². The summed E-state index contributed by atoms with van der Waals surface area (Å²) in [5, 5.41) is 5.01. The minimum Gasteiger partial charge on any atom is -0.497 e. The molecule has 0 bridgehead atoms. The molecule has 128 valence electrons. The number of fused-ring (bicyclic) bond motifs is 3. The topological polar surface area (TPSA) is 54.1 Å². The van der Waals surface area contributed by atoms with Gasteiger partial charge in [-0.2, -0.15) is 0 Å². The number of aromatic nitrogens is 1. The standard InChI is InChI=1S/C20H19ClN2O2/c1-25-15-6-7-18-17(11-15)16-9-14(10-19(16)23-18)22-20(24)8-12-2-4-13(21)5-3-12/h2-7,11,14,23H,8-10H2,1H3,(H,22,24). The van der Waals surface area contributed by atoms with Crippen molar-refractivity contribution in [2.24, 2.45) is 0 Å². The number of hydrogen-bond donors (Lipinski definition) is 2. The van der Waals surface area contributed by atoms with Gasteiger partial charge < -0.3 is 15.0 Å². The fourth-order valence-electron chi connectivity index (χ4n) is 3.55. The molecule has 1 atom stereocenters. The second-order valence-electron chi connectivity index (χ2n) is 6.47. The van der Waals surface area contributed by atoms with Gasteiger partial charge >= 0.3 is 0 Å². The summed E-state index contributed by atoms with van der Waals surface area (Å²) in [6.07, 6.45) is 2.05. The normalized spacial score (nSPS) is 16.0. The molecule has 0 fully saturated rings. The highest BCUT2D eigenvalue weighted by Gasteiger charge is 2.26. The Balaban J connectivity index is 1.44. The Morgan fingerprint density at radius 1 is 1.24 bits per heavy atom. The number of rotatable bonds is 4. The fraction of sp³-hybridized carbons (Fsp3) is 0.250. The predicted molar refractivity (Wildman–Crippen MR) is 99.3 cm³/mol. The van der Waals surface area contributed by atoms with Crippen LogP contribution >= 0.6 is 11.6 Å². The number of aromatic amines is 1. The maximum atomic E-state index is 12.3. The van der Waals surface area contributed by atoms with Crippen molar-refractivity contribution in [3.8, 4) is 5.75 Å². The molecule has 4 nitrogen and oxygen atoms in total. The molecule has 0 spiro atoms. The molecule has 1 aromatic heterocycles. The van der Waals surface area contributed by atoms with E-state index in [0.717, 1.165) is 29.7 Å². The van der Waals surface area contributed by atoms with Gasteiger partial charge in [-0.15, -0.1) is 0 Å². The average molecular weight is 355 g/mol. The first-order valence-corrected chi connectivity index (χ1v) is 8.71. The number of benzene rings is 2. The van der Waals surface area contributed by atoms with Crippen LogP contribution < -0.4 is 10.1 Å². The Morgan fingerprint density at radius 2 is 2.04 bits per heavy atom. The summed E-state index contributed by atoms with van der Waals surface area (Å²) in [4.78, 5) is 15.8. The molecule has 0 radical (unpaired) electrons. The number of carbonyl (C=O) groups excluding carboxylic acids is 1. The SMILES string of the molecule is COc1ccc2[nH]c3c(c2c1)CC(NC(=O)Cc1ccc(Cl)cc1)C3. The molecule has 4 rings (SSSR count). The highest BCUT2D eigenvalue weighted by Crippen LogP contribution is 2.32. The lowest BCUT2D eigenvalue weighted by Gasteiger charge is -2.12. The lowest BCUT2D eigenvalue weighted by Crippen LogP contribution is -2.36. The van der Waals surface area contributed by atoms with E-state index in [2.05, 4.69) is 16.4 Å². The number of amides is 1. The summed E-state index contributed by atoms with van der Waals surface area (Å²) >= 11 is 5.88. The summed E-state index contributed by atoms with van der Waals surface area (Å²) in [5.74, 6) is 0.892. The Labute approximate surface area is 151 Å². The minimum absolute atomic E-state index is 0.0411. The zero-order valence-electron chi connectivity index (χ0n) is 13.9. The van der Waals surface area contributed by atoms with Crippen LogP contribution in [0.1, 0.15) is 16.8 Å². The molecule has 1 aliphatic carbocycles. The maximum Gasteiger partial charge on any atom is 0.224 e. The smallest absolute Gasteiger partial charge is 0.224 e. The molecule has 5 heteroatoms. The van der Waals surface area contributed by atoms with Crippen LogP contribution in [0.3, 0.4) is 0 Å². The van der Waals surface area contributed by atoms with Crippen molar-refractivity contribution in [3.05, 3.63) is 64.3 Å². The number of methoxy groups -OCH3 is 1. The van der Waals surface area contributed by atoms with Gasteiger partial charge in [0.05, 0.1) is 13.5 Å². The van der Waals surface area contributed by atoms with E-state index in [9.17, 15) is 4.79 Å². The molecule has 1 aliphatic rings. The number of hydrogen-bond acceptors (Lipinski definition) is 2. The Kier molecular flexibility index (Phi) is 4.14. The fourth-order valence-corrected chi connectivity index (χ4v) is 3.68. The molecular weight excluding hydrogens is 336 g/mol. The van der Waals surface area contributed by atoms with Crippen LogP contribution in [-0.2, 0) is 24.1 Å². The van der Waals surface area contributed by atoms with E-state index in [-0.39, 0.29) is 11.9 Å². The van der Waals surface area contributed by atoms with Crippen LogP contribution in [-0.4, -0.2) is 24.0 Å².